The number of carbonyl (C=O) groups excluding carboxylic acids is 1. The zero-order chi connectivity index (χ0) is 23.3. The lowest BCUT2D eigenvalue weighted by atomic mass is 9.92. The van der Waals surface area contributed by atoms with E-state index >= 15 is 0 Å². The van der Waals surface area contributed by atoms with E-state index in [-0.39, 0.29) is 17.1 Å². The fourth-order valence-electron chi connectivity index (χ4n) is 4.09. The number of hydrogen-bond donors (Lipinski definition) is 1. The highest BCUT2D eigenvalue weighted by molar-refractivity contribution is 5.90. The number of benzene rings is 1. The van der Waals surface area contributed by atoms with Crippen LogP contribution in [-0.4, -0.2) is 28.8 Å². The number of aromatic nitrogens is 2. The SMILES string of the molecule is Cc1nc2c(nc1NC(=O)CC(C)(C)C)[C@H]1C[C@H]1CN2Cc1ccc(OC(F)(F)F)cc1. The largest absolute Gasteiger partial charge is 0.573 e. The lowest BCUT2D eigenvalue weighted by molar-refractivity contribution is -0.274. The van der Waals surface area contributed by atoms with E-state index in [0.717, 1.165) is 30.0 Å². The summed E-state index contributed by atoms with van der Waals surface area (Å²) in [4.78, 5) is 24.0. The molecule has 0 radical (unpaired) electrons. The van der Waals surface area contributed by atoms with Crippen LogP contribution in [0.25, 0.3) is 0 Å². The van der Waals surface area contributed by atoms with Crippen LogP contribution in [0.1, 0.15) is 56.5 Å². The van der Waals surface area contributed by atoms with Crippen molar-refractivity contribution in [2.75, 3.05) is 16.8 Å². The first-order valence-corrected chi connectivity index (χ1v) is 10.7. The highest BCUT2D eigenvalue weighted by atomic mass is 19.4. The molecule has 1 aliphatic heterocycles. The number of amides is 1. The average molecular weight is 448 g/mol. The van der Waals surface area contributed by atoms with Crippen LogP contribution in [0.15, 0.2) is 24.3 Å². The number of anilines is 2. The smallest absolute Gasteiger partial charge is 0.406 e. The molecular formula is C23H27F3N4O2. The van der Waals surface area contributed by atoms with Gasteiger partial charge >= 0.3 is 6.36 Å². The fourth-order valence-corrected chi connectivity index (χ4v) is 4.09. The molecule has 1 fully saturated rings. The Bertz CT molecular complexity index is 1020. The van der Waals surface area contributed by atoms with Gasteiger partial charge in [-0.05, 0) is 42.4 Å². The lowest BCUT2D eigenvalue weighted by Crippen LogP contribution is -2.31. The maximum absolute atomic E-state index is 12.4. The average Bonchev–Trinajstić information content (AvgIpc) is 3.41. The molecule has 0 spiro atoms. The molecule has 1 aromatic carbocycles. The first kappa shape index (κ1) is 22.4. The Balaban J connectivity index is 1.52. The summed E-state index contributed by atoms with van der Waals surface area (Å²) in [6.07, 6.45) is -3.30. The number of fused-ring (bicyclic) bond motifs is 3. The minimum absolute atomic E-state index is 0.0870. The monoisotopic (exact) mass is 448 g/mol. The maximum Gasteiger partial charge on any atom is 0.573 e. The highest BCUT2D eigenvalue weighted by Crippen LogP contribution is 2.54. The second kappa shape index (κ2) is 7.94. The van der Waals surface area contributed by atoms with Crippen LogP contribution in [0.2, 0.25) is 0 Å². The predicted octanol–water partition coefficient (Wildman–Crippen LogP) is 5.18. The normalized spacial score (nSPS) is 19.8. The summed E-state index contributed by atoms with van der Waals surface area (Å²) in [5, 5.41) is 2.91. The molecule has 2 aliphatic rings. The molecule has 1 saturated carbocycles. The van der Waals surface area contributed by atoms with Gasteiger partial charge in [0, 0.05) is 25.4 Å². The molecule has 2 heterocycles. The van der Waals surface area contributed by atoms with E-state index < -0.39 is 6.36 Å². The number of aryl methyl sites for hydroxylation is 1. The van der Waals surface area contributed by atoms with Crippen molar-refractivity contribution >= 4 is 17.5 Å². The molecule has 0 bridgehead atoms. The van der Waals surface area contributed by atoms with Gasteiger partial charge in [-0.2, -0.15) is 0 Å². The molecule has 0 unspecified atom stereocenters. The van der Waals surface area contributed by atoms with Crippen molar-refractivity contribution in [1.82, 2.24) is 9.97 Å². The fraction of sp³-hybridized carbons (Fsp3) is 0.522. The molecule has 32 heavy (non-hydrogen) atoms. The molecule has 1 N–H and O–H groups in total. The summed E-state index contributed by atoms with van der Waals surface area (Å²) in [7, 11) is 0. The van der Waals surface area contributed by atoms with Crippen LogP contribution < -0.4 is 15.0 Å². The van der Waals surface area contributed by atoms with Gasteiger partial charge in [0.25, 0.3) is 0 Å². The molecule has 2 aromatic rings. The molecule has 1 amide bonds. The van der Waals surface area contributed by atoms with Gasteiger partial charge in [-0.1, -0.05) is 32.9 Å². The van der Waals surface area contributed by atoms with Gasteiger partial charge in [0.05, 0.1) is 11.4 Å². The Morgan fingerprint density at radius 3 is 2.50 bits per heavy atom. The molecule has 2 atom stereocenters. The Labute approximate surface area is 185 Å². The van der Waals surface area contributed by atoms with Crippen molar-refractivity contribution in [3.05, 3.63) is 41.2 Å². The molecule has 1 aliphatic carbocycles. The standard InChI is InChI=1S/C23H27F3N4O2/c1-13-20(28-18(31)10-22(2,3)4)29-19-17-9-15(17)12-30(21(19)27-13)11-14-5-7-16(8-6-14)32-23(24,25)26/h5-8,15,17H,9-12H2,1-4H3,(H,28,29,31)/t15-,17-/m0/s1. The number of rotatable bonds is 5. The van der Waals surface area contributed by atoms with E-state index in [1.165, 1.54) is 12.1 Å². The van der Waals surface area contributed by atoms with Crippen molar-refractivity contribution in [3.8, 4) is 5.75 Å². The number of carbonyl (C=O) groups is 1. The molecule has 1 aromatic heterocycles. The van der Waals surface area contributed by atoms with E-state index in [1.54, 1.807) is 12.1 Å². The Morgan fingerprint density at radius 2 is 1.88 bits per heavy atom. The van der Waals surface area contributed by atoms with E-state index in [1.807, 2.05) is 27.7 Å². The van der Waals surface area contributed by atoms with Crippen LogP contribution in [0.4, 0.5) is 24.8 Å². The summed E-state index contributed by atoms with van der Waals surface area (Å²) in [6, 6.07) is 5.89. The highest BCUT2D eigenvalue weighted by Gasteiger charge is 2.47. The maximum atomic E-state index is 12.4. The van der Waals surface area contributed by atoms with Crippen LogP contribution in [0, 0.1) is 18.3 Å². The number of nitrogens with zero attached hydrogens (tertiary/aromatic N) is 3. The third-order valence-electron chi connectivity index (χ3n) is 5.58. The number of ether oxygens (including phenoxy) is 1. The van der Waals surface area contributed by atoms with Crippen LogP contribution in [0.5, 0.6) is 5.75 Å². The number of halogens is 3. The van der Waals surface area contributed by atoms with Crippen molar-refractivity contribution in [2.24, 2.45) is 11.3 Å². The van der Waals surface area contributed by atoms with Crippen molar-refractivity contribution in [3.63, 3.8) is 0 Å². The minimum Gasteiger partial charge on any atom is -0.406 e. The van der Waals surface area contributed by atoms with Gasteiger partial charge in [-0.15, -0.1) is 13.2 Å². The predicted molar refractivity (Wildman–Crippen MR) is 114 cm³/mol. The quantitative estimate of drug-likeness (QED) is 0.683. The van der Waals surface area contributed by atoms with E-state index in [0.29, 0.717) is 36.3 Å². The van der Waals surface area contributed by atoms with E-state index in [9.17, 15) is 18.0 Å². The molecular weight excluding hydrogens is 421 g/mol. The number of nitrogens with one attached hydrogen (secondary N) is 1. The lowest BCUT2D eigenvalue weighted by Gasteiger charge is -2.30. The van der Waals surface area contributed by atoms with Crippen molar-refractivity contribution in [2.45, 2.75) is 59.4 Å². The summed E-state index contributed by atoms with van der Waals surface area (Å²) in [5.41, 5.74) is 2.25. The third-order valence-corrected chi connectivity index (χ3v) is 5.58. The number of alkyl halides is 3. The minimum atomic E-state index is -4.71. The topological polar surface area (TPSA) is 67.4 Å². The van der Waals surface area contributed by atoms with Gasteiger partial charge in [-0.25, -0.2) is 9.97 Å². The van der Waals surface area contributed by atoms with Crippen LogP contribution >= 0.6 is 0 Å². The first-order valence-electron chi connectivity index (χ1n) is 10.7. The van der Waals surface area contributed by atoms with Crippen molar-refractivity contribution < 1.29 is 22.7 Å². The second-order valence-corrected chi connectivity index (χ2v) is 9.83. The summed E-state index contributed by atoms with van der Waals surface area (Å²) in [5.74, 6) is 1.77. The van der Waals surface area contributed by atoms with Crippen LogP contribution in [-0.2, 0) is 11.3 Å². The van der Waals surface area contributed by atoms with Gasteiger partial charge in [0.15, 0.2) is 11.6 Å². The van der Waals surface area contributed by atoms with Gasteiger partial charge in [-0.3, -0.25) is 4.79 Å². The zero-order valence-electron chi connectivity index (χ0n) is 18.6. The van der Waals surface area contributed by atoms with Crippen molar-refractivity contribution in [1.29, 1.82) is 0 Å². The number of hydrogen-bond acceptors (Lipinski definition) is 5. The summed E-state index contributed by atoms with van der Waals surface area (Å²) >= 11 is 0. The van der Waals surface area contributed by atoms with E-state index in [2.05, 4.69) is 15.0 Å². The van der Waals surface area contributed by atoms with Gasteiger partial charge in [0.1, 0.15) is 5.75 Å². The molecule has 0 saturated heterocycles. The summed E-state index contributed by atoms with van der Waals surface area (Å²) in [6.45, 7) is 9.17. The molecule has 172 valence electrons. The third kappa shape index (κ3) is 5.31. The van der Waals surface area contributed by atoms with Crippen LogP contribution in [0.3, 0.4) is 0 Å². The summed E-state index contributed by atoms with van der Waals surface area (Å²) < 4.78 is 41.1. The Morgan fingerprint density at radius 1 is 1.19 bits per heavy atom. The van der Waals surface area contributed by atoms with E-state index in [4.69, 9.17) is 9.97 Å². The first-order chi connectivity index (χ1) is 14.9. The van der Waals surface area contributed by atoms with Gasteiger partial charge in [0.2, 0.25) is 5.91 Å². The zero-order valence-corrected chi connectivity index (χ0v) is 18.6. The Hall–Kier alpha value is -2.84. The molecule has 6 nitrogen and oxygen atoms in total. The van der Waals surface area contributed by atoms with Gasteiger partial charge < -0.3 is 15.0 Å². The molecule has 9 heteroatoms. The molecule has 4 rings (SSSR count). The Kier molecular flexibility index (Phi) is 5.55. The second-order valence-electron chi connectivity index (χ2n) is 9.83.